The van der Waals surface area contributed by atoms with Crippen LogP contribution in [0.3, 0.4) is 0 Å². The van der Waals surface area contributed by atoms with Crippen LogP contribution in [0.5, 0.6) is 0 Å². The summed E-state index contributed by atoms with van der Waals surface area (Å²) in [7, 11) is 6.89. The van der Waals surface area contributed by atoms with Crippen molar-refractivity contribution in [2.45, 2.75) is 42.4 Å². The van der Waals surface area contributed by atoms with E-state index in [2.05, 4.69) is 0 Å². The normalized spacial score (nSPS) is 28.4. The molecule has 1 fully saturated rings. The van der Waals surface area contributed by atoms with Gasteiger partial charge in [0, 0.05) is 44.6 Å². The van der Waals surface area contributed by atoms with Crippen LogP contribution in [-0.2, 0) is 18.9 Å². The Hall–Kier alpha value is 0.274. The molecule has 0 aromatic rings. The Morgan fingerprint density at radius 2 is 1.94 bits per heavy atom. The van der Waals surface area contributed by atoms with Crippen molar-refractivity contribution in [3.8, 4) is 0 Å². The van der Waals surface area contributed by atoms with Gasteiger partial charge in [0.1, 0.15) is 6.10 Å². The van der Waals surface area contributed by atoms with Gasteiger partial charge in [-0.05, 0) is 19.3 Å². The quantitative estimate of drug-likeness (QED) is 0.460. The average molecular weight is 278 g/mol. The number of rotatable bonds is 6. The van der Waals surface area contributed by atoms with E-state index in [0.717, 1.165) is 39.9 Å². The maximum atomic E-state index is 5.97. The Morgan fingerprint density at radius 1 is 1.29 bits per heavy atom. The molecule has 1 aliphatic rings. The van der Waals surface area contributed by atoms with Crippen LogP contribution in [0.1, 0.15) is 25.7 Å². The first-order valence-corrected chi connectivity index (χ1v) is 8.27. The summed E-state index contributed by atoms with van der Waals surface area (Å²) in [5.74, 6) is 0. The lowest BCUT2D eigenvalue weighted by Crippen LogP contribution is -2.52. The first kappa shape index (κ1) is 15.3. The van der Waals surface area contributed by atoms with Gasteiger partial charge in [0.15, 0.2) is 5.41 Å². The zero-order valence-corrected chi connectivity index (χ0v) is 15.7. The van der Waals surface area contributed by atoms with Gasteiger partial charge in [0.25, 0.3) is 0 Å². The van der Waals surface area contributed by atoms with Crippen LogP contribution in [-0.4, -0.2) is 65.2 Å². The van der Waals surface area contributed by atoms with Gasteiger partial charge >= 0.3 is 0 Å². The molecule has 0 aromatic heterocycles. The minimum absolute atomic E-state index is 0.0334. The van der Waals surface area contributed by atoms with Crippen molar-refractivity contribution >= 4 is 20.5 Å². The first-order chi connectivity index (χ1) is 7.99. The van der Waals surface area contributed by atoms with Gasteiger partial charge in [-0.25, -0.2) is 0 Å². The Labute approximate surface area is 110 Å². The third-order valence-electron chi connectivity index (χ3n) is 3.85. The summed E-state index contributed by atoms with van der Waals surface area (Å²) < 4.78 is 22.6. The molecule has 2 atom stereocenters. The second-order valence-corrected chi connectivity index (χ2v) is 8.32. The zero-order chi connectivity index (χ0) is 12.9. The maximum absolute atomic E-state index is 5.97. The fourth-order valence-electron chi connectivity index (χ4n) is 2.37. The monoisotopic (exact) mass is 278 g/mol. The summed E-state index contributed by atoms with van der Waals surface area (Å²) in [4.78, 5) is 0. The maximum Gasteiger partial charge on any atom is 0.165 e. The van der Waals surface area contributed by atoms with E-state index in [1.807, 2.05) is 0 Å². The van der Waals surface area contributed by atoms with E-state index in [0.29, 0.717) is 0 Å². The number of ether oxygens (including phenoxy) is 4. The minimum atomic E-state index is -0.563. The molecular weight excluding hydrogens is 252 g/mol. The smallest absolute Gasteiger partial charge is 0.165 e. The number of methoxy groups -OCH3 is 3. The SMILES string of the molecule is COC(CC1([SiH3])CCCCO1)C([SiH3])(OC)OC. The van der Waals surface area contributed by atoms with Crippen molar-refractivity contribution in [2.75, 3.05) is 27.9 Å². The van der Waals surface area contributed by atoms with Gasteiger partial charge in [0.2, 0.25) is 0 Å². The van der Waals surface area contributed by atoms with Crippen molar-refractivity contribution in [1.29, 1.82) is 0 Å². The van der Waals surface area contributed by atoms with Crippen molar-refractivity contribution in [3.63, 3.8) is 0 Å². The number of hydrogen-bond acceptors (Lipinski definition) is 4. The standard InChI is InChI=1S/C11H26O4Si2/c1-12-9(11(17,13-2)14-3)8-10(16)6-4-5-7-15-10/h9H,4-8H2,1-3,16-17H3. The Balaban J connectivity index is 2.67. The molecule has 6 heteroatoms. The third-order valence-corrected chi connectivity index (χ3v) is 6.51. The minimum Gasteiger partial charge on any atom is -0.379 e. The Bertz CT molecular complexity index is 228. The van der Waals surface area contributed by atoms with Crippen molar-refractivity contribution in [1.82, 2.24) is 0 Å². The fraction of sp³-hybridized carbons (Fsp3) is 1.00. The van der Waals surface area contributed by atoms with E-state index in [1.165, 1.54) is 12.8 Å². The van der Waals surface area contributed by atoms with E-state index >= 15 is 0 Å². The lowest BCUT2D eigenvalue weighted by molar-refractivity contribution is -0.219. The molecule has 17 heavy (non-hydrogen) atoms. The summed E-state index contributed by atoms with van der Waals surface area (Å²) in [5, 5.41) is 0.0334. The first-order valence-electron chi connectivity index (χ1n) is 6.27. The van der Waals surface area contributed by atoms with E-state index in [4.69, 9.17) is 18.9 Å². The molecule has 1 rings (SSSR count). The van der Waals surface area contributed by atoms with Crippen molar-refractivity contribution in [2.24, 2.45) is 0 Å². The predicted molar refractivity (Wildman–Crippen MR) is 74.6 cm³/mol. The highest BCUT2D eigenvalue weighted by Crippen LogP contribution is 2.31. The highest BCUT2D eigenvalue weighted by atomic mass is 28.2. The fourth-order valence-corrected chi connectivity index (χ4v) is 3.74. The Morgan fingerprint density at radius 3 is 2.35 bits per heavy atom. The van der Waals surface area contributed by atoms with Crippen LogP contribution in [0.2, 0.25) is 0 Å². The average Bonchev–Trinajstić information content (AvgIpc) is 2.36. The lowest BCUT2D eigenvalue weighted by atomic mass is 10.0. The highest BCUT2D eigenvalue weighted by Gasteiger charge is 2.40. The molecule has 0 N–H and O–H groups in total. The van der Waals surface area contributed by atoms with E-state index in [-0.39, 0.29) is 11.3 Å². The van der Waals surface area contributed by atoms with Crippen molar-refractivity contribution in [3.05, 3.63) is 0 Å². The molecule has 4 nitrogen and oxygen atoms in total. The molecule has 1 saturated heterocycles. The van der Waals surface area contributed by atoms with E-state index in [1.54, 1.807) is 21.3 Å². The summed E-state index contributed by atoms with van der Waals surface area (Å²) in [6, 6.07) is 0. The van der Waals surface area contributed by atoms with Gasteiger partial charge in [-0.1, -0.05) is 0 Å². The van der Waals surface area contributed by atoms with Crippen molar-refractivity contribution < 1.29 is 18.9 Å². The topological polar surface area (TPSA) is 36.9 Å². The molecule has 0 bridgehead atoms. The van der Waals surface area contributed by atoms with Gasteiger partial charge in [0.05, 0.1) is 15.5 Å². The van der Waals surface area contributed by atoms with Crippen LogP contribution in [0, 0.1) is 0 Å². The third kappa shape index (κ3) is 3.87. The molecule has 0 aliphatic carbocycles. The van der Waals surface area contributed by atoms with E-state index in [9.17, 15) is 0 Å². The summed E-state index contributed by atoms with van der Waals surface area (Å²) in [5.41, 5.74) is -0.563. The van der Waals surface area contributed by atoms with Gasteiger partial charge in [-0.3, -0.25) is 0 Å². The summed E-state index contributed by atoms with van der Waals surface area (Å²) in [6.07, 6.45) is 4.42. The highest BCUT2D eigenvalue weighted by molar-refractivity contribution is 6.15. The molecular formula is C11H26O4Si2. The molecule has 2 unspecified atom stereocenters. The largest absolute Gasteiger partial charge is 0.379 e. The molecule has 0 saturated carbocycles. The van der Waals surface area contributed by atoms with Gasteiger partial charge in [-0.2, -0.15) is 0 Å². The summed E-state index contributed by atoms with van der Waals surface area (Å²) >= 11 is 0. The zero-order valence-electron chi connectivity index (χ0n) is 11.7. The van der Waals surface area contributed by atoms with E-state index < -0.39 is 5.41 Å². The Kier molecular flexibility index (Phi) is 5.81. The van der Waals surface area contributed by atoms with Crippen LogP contribution in [0.4, 0.5) is 0 Å². The molecule has 0 aromatic carbocycles. The van der Waals surface area contributed by atoms with Crippen LogP contribution < -0.4 is 0 Å². The molecule has 1 aliphatic heterocycles. The summed E-state index contributed by atoms with van der Waals surface area (Å²) in [6.45, 7) is 0.883. The second-order valence-electron chi connectivity index (χ2n) is 5.11. The van der Waals surface area contributed by atoms with Crippen LogP contribution in [0.25, 0.3) is 0 Å². The van der Waals surface area contributed by atoms with Crippen LogP contribution >= 0.6 is 0 Å². The second kappa shape index (κ2) is 6.44. The van der Waals surface area contributed by atoms with Gasteiger partial charge in [-0.15, -0.1) is 0 Å². The van der Waals surface area contributed by atoms with Gasteiger partial charge < -0.3 is 18.9 Å². The lowest BCUT2D eigenvalue weighted by Gasteiger charge is -2.41. The molecule has 0 amide bonds. The molecule has 102 valence electrons. The molecule has 0 radical (unpaired) electrons. The predicted octanol–water partition coefficient (Wildman–Crippen LogP) is -1.03. The molecule has 1 heterocycles. The molecule has 0 spiro atoms. The van der Waals surface area contributed by atoms with Crippen LogP contribution in [0.15, 0.2) is 0 Å². The number of hydrogen-bond donors (Lipinski definition) is 0.